The van der Waals surface area contributed by atoms with Crippen molar-refractivity contribution in [2.45, 2.75) is 20.3 Å². The number of carbonyl (C=O) groups excluding carboxylic acids is 1. The van der Waals surface area contributed by atoms with Crippen LogP contribution in [0, 0.1) is 5.41 Å². The van der Waals surface area contributed by atoms with Gasteiger partial charge in [0, 0.05) is 20.1 Å². The van der Waals surface area contributed by atoms with Crippen molar-refractivity contribution >= 4 is 5.91 Å². The Morgan fingerprint density at radius 2 is 1.95 bits per heavy atom. The maximum atomic E-state index is 12.1. The van der Waals surface area contributed by atoms with Crippen LogP contribution >= 0.6 is 0 Å². The van der Waals surface area contributed by atoms with E-state index < -0.39 is 5.41 Å². The summed E-state index contributed by atoms with van der Waals surface area (Å²) in [7, 11) is 1.81. The van der Waals surface area contributed by atoms with Crippen LogP contribution in [0.5, 0.6) is 5.75 Å². The third-order valence-corrected chi connectivity index (χ3v) is 3.09. The predicted molar refractivity (Wildman–Crippen MR) is 77.0 cm³/mol. The number of rotatable bonds is 7. The summed E-state index contributed by atoms with van der Waals surface area (Å²) in [5.41, 5.74) is 5.11. The van der Waals surface area contributed by atoms with Crippen LogP contribution in [0.4, 0.5) is 0 Å². The van der Waals surface area contributed by atoms with Crippen molar-refractivity contribution < 1.29 is 9.53 Å². The SMILES string of the molecule is CN(CCCOc1ccccc1)C(=O)C(C)(C)CN. The third kappa shape index (κ3) is 4.91. The topological polar surface area (TPSA) is 55.6 Å². The molecule has 0 aliphatic carbocycles. The molecule has 4 nitrogen and oxygen atoms in total. The summed E-state index contributed by atoms with van der Waals surface area (Å²) < 4.78 is 5.59. The third-order valence-electron chi connectivity index (χ3n) is 3.09. The van der Waals surface area contributed by atoms with Gasteiger partial charge in [0.05, 0.1) is 12.0 Å². The Labute approximate surface area is 115 Å². The summed E-state index contributed by atoms with van der Waals surface area (Å²) in [6, 6.07) is 9.68. The molecule has 1 aromatic carbocycles. The number of nitrogens with zero attached hydrogens (tertiary/aromatic N) is 1. The summed E-state index contributed by atoms with van der Waals surface area (Å²) in [5.74, 6) is 0.938. The second kappa shape index (κ2) is 7.14. The summed E-state index contributed by atoms with van der Waals surface area (Å²) in [6.07, 6.45) is 0.803. The van der Waals surface area contributed by atoms with E-state index in [0.29, 0.717) is 19.7 Å². The molecule has 0 atom stereocenters. The molecular formula is C15H24N2O2. The monoisotopic (exact) mass is 264 g/mol. The molecule has 4 heteroatoms. The first kappa shape index (κ1) is 15.5. The Kier molecular flexibility index (Phi) is 5.83. The average molecular weight is 264 g/mol. The first-order valence-electron chi connectivity index (χ1n) is 6.61. The van der Waals surface area contributed by atoms with Crippen molar-refractivity contribution in [1.82, 2.24) is 4.90 Å². The molecule has 0 aromatic heterocycles. The molecule has 0 aliphatic heterocycles. The van der Waals surface area contributed by atoms with Crippen LogP contribution in [0.15, 0.2) is 30.3 Å². The number of benzene rings is 1. The normalized spacial score (nSPS) is 11.2. The minimum atomic E-state index is -0.491. The maximum Gasteiger partial charge on any atom is 0.229 e. The lowest BCUT2D eigenvalue weighted by atomic mass is 9.92. The smallest absolute Gasteiger partial charge is 0.229 e. The Morgan fingerprint density at radius 3 is 2.53 bits per heavy atom. The van der Waals surface area contributed by atoms with E-state index >= 15 is 0 Å². The van der Waals surface area contributed by atoms with Crippen LogP contribution < -0.4 is 10.5 Å². The van der Waals surface area contributed by atoms with E-state index in [-0.39, 0.29) is 5.91 Å². The highest BCUT2D eigenvalue weighted by Gasteiger charge is 2.28. The predicted octanol–water partition coefficient (Wildman–Crippen LogP) is 1.90. The molecule has 19 heavy (non-hydrogen) atoms. The van der Waals surface area contributed by atoms with Gasteiger partial charge < -0.3 is 15.4 Å². The van der Waals surface area contributed by atoms with Gasteiger partial charge in [-0.3, -0.25) is 4.79 Å². The summed E-state index contributed by atoms with van der Waals surface area (Å²) >= 11 is 0. The van der Waals surface area contributed by atoms with E-state index in [4.69, 9.17) is 10.5 Å². The van der Waals surface area contributed by atoms with E-state index in [0.717, 1.165) is 12.2 Å². The molecule has 1 amide bonds. The van der Waals surface area contributed by atoms with Gasteiger partial charge in [-0.15, -0.1) is 0 Å². The minimum Gasteiger partial charge on any atom is -0.494 e. The first-order chi connectivity index (χ1) is 8.97. The van der Waals surface area contributed by atoms with E-state index in [9.17, 15) is 4.79 Å². The van der Waals surface area contributed by atoms with Crippen LogP contribution in [0.1, 0.15) is 20.3 Å². The van der Waals surface area contributed by atoms with Gasteiger partial charge in [-0.25, -0.2) is 0 Å². The molecule has 106 valence electrons. The molecule has 0 radical (unpaired) electrons. The molecule has 0 saturated carbocycles. The summed E-state index contributed by atoms with van der Waals surface area (Å²) in [5, 5.41) is 0. The van der Waals surface area contributed by atoms with E-state index in [1.165, 1.54) is 0 Å². The van der Waals surface area contributed by atoms with Gasteiger partial charge in [-0.1, -0.05) is 18.2 Å². The van der Waals surface area contributed by atoms with Crippen molar-refractivity contribution in [2.75, 3.05) is 26.7 Å². The lowest BCUT2D eigenvalue weighted by Gasteiger charge is -2.28. The number of amides is 1. The largest absolute Gasteiger partial charge is 0.494 e. The highest BCUT2D eigenvalue weighted by molar-refractivity contribution is 5.81. The van der Waals surface area contributed by atoms with Crippen molar-refractivity contribution in [3.63, 3.8) is 0 Å². The number of para-hydroxylation sites is 1. The standard InChI is InChI=1S/C15H24N2O2/c1-15(2,12-16)14(18)17(3)10-7-11-19-13-8-5-4-6-9-13/h4-6,8-9H,7,10-12,16H2,1-3H3. The quantitative estimate of drug-likeness (QED) is 0.765. The van der Waals surface area contributed by atoms with Gasteiger partial charge >= 0.3 is 0 Å². The van der Waals surface area contributed by atoms with Gasteiger partial charge in [0.2, 0.25) is 5.91 Å². The lowest BCUT2D eigenvalue weighted by molar-refractivity contribution is -0.138. The Morgan fingerprint density at radius 1 is 1.32 bits per heavy atom. The van der Waals surface area contributed by atoms with Crippen LogP contribution in [0.3, 0.4) is 0 Å². The molecule has 1 rings (SSSR count). The van der Waals surface area contributed by atoms with Gasteiger partial charge in [0.15, 0.2) is 0 Å². The van der Waals surface area contributed by atoms with Crippen molar-refractivity contribution in [3.8, 4) is 5.75 Å². The number of carbonyl (C=O) groups is 1. The Hall–Kier alpha value is -1.55. The fraction of sp³-hybridized carbons (Fsp3) is 0.533. The van der Waals surface area contributed by atoms with E-state index in [2.05, 4.69) is 0 Å². The van der Waals surface area contributed by atoms with Crippen molar-refractivity contribution in [1.29, 1.82) is 0 Å². The van der Waals surface area contributed by atoms with Gasteiger partial charge in [-0.2, -0.15) is 0 Å². The number of ether oxygens (including phenoxy) is 1. The number of nitrogens with two attached hydrogens (primary N) is 1. The van der Waals surface area contributed by atoms with Gasteiger partial charge in [0.25, 0.3) is 0 Å². The van der Waals surface area contributed by atoms with Crippen LogP contribution in [-0.4, -0.2) is 37.6 Å². The zero-order valence-corrected chi connectivity index (χ0v) is 12.1. The number of hydrogen-bond acceptors (Lipinski definition) is 3. The fourth-order valence-electron chi connectivity index (χ4n) is 1.71. The average Bonchev–Trinajstić information content (AvgIpc) is 2.43. The molecule has 2 N–H and O–H groups in total. The highest BCUT2D eigenvalue weighted by atomic mass is 16.5. The van der Waals surface area contributed by atoms with Crippen LogP contribution in [0.2, 0.25) is 0 Å². The fourth-order valence-corrected chi connectivity index (χ4v) is 1.71. The Bertz CT molecular complexity index is 390. The maximum absolute atomic E-state index is 12.1. The zero-order chi connectivity index (χ0) is 14.3. The highest BCUT2D eigenvalue weighted by Crippen LogP contribution is 2.16. The molecule has 0 spiro atoms. The molecule has 1 aromatic rings. The first-order valence-corrected chi connectivity index (χ1v) is 6.61. The molecule has 0 heterocycles. The Balaban J connectivity index is 2.28. The molecule has 0 aliphatic rings. The second-order valence-electron chi connectivity index (χ2n) is 5.33. The van der Waals surface area contributed by atoms with Gasteiger partial charge in [0.1, 0.15) is 5.75 Å². The zero-order valence-electron chi connectivity index (χ0n) is 12.1. The lowest BCUT2D eigenvalue weighted by Crippen LogP contribution is -2.43. The van der Waals surface area contributed by atoms with Crippen molar-refractivity contribution in [3.05, 3.63) is 30.3 Å². The molecule has 0 bridgehead atoms. The summed E-state index contributed by atoms with van der Waals surface area (Å²) in [4.78, 5) is 13.8. The van der Waals surface area contributed by atoms with Crippen LogP contribution in [-0.2, 0) is 4.79 Å². The molecular weight excluding hydrogens is 240 g/mol. The number of hydrogen-bond donors (Lipinski definition) is 1. The van der Waals surface area contributed by atoms with Gasteiger partial charge in [-0.05, 0) is 32.4 Å². The van der Waals surface area contributed by atoms with E-state index in [1.807, 2.05) is 51.2 Å². The van der Waals surface area contributed by atoms with Crippen LogP contribution in [0.25, 0.3) is 0 Å². The van der Waals surface area contributed by atoms with Crippen molar-refractivity contribution in [2.24, 2.45) is 11.1 Å². The second-order valence-corrected chi connectivity index (χ2v) is 5.33. The summed E-state index contributed by atoms with van der Waals surface area (Å²) in [6.45, 7) is 5.37. The molecule has 0 fully saturated rings. The molecule has 0 saturated heterocycles. The van der Waals surface area contributed by atoms with E-state index in [1.54, 1.807) is 4.90 Å². The minimum absolute atomic E-state index is 0.0784. The molecule has 0 unspecified atom stereocenters.